The third kappa shape index (κ3) is 5.08. The molecule has 0 N–H and O–H groups in total. The number of piperazine rings is 1. The molecule has 2 aromatic heterocycles. The molecule has 0 saturated carbocycles. The summed E-state index contributed by atoms with van der Waals surface area (Å²) in [4.78, 5) is 41.2. The number of amides is 2. The van der Waals surface area contributed by atoms with Crippen LogP contribution in [0.4, 0.5) is 10.5 Å². The standard InChI is InChI=1S/C26H29N5O6/c1-2-36-26(33)29-15-13-28(14-16-29)25(32)23-10-9-21(37-23)18-30-17-12-27-11-3-4-22(27)24(30)19-5-7-20(8-6-19)31(34)35/h3-11,24H,2,12-18H2,1H3. The molecule has 5 rings (SSSR count). The van der Waals surface area contributed by atoms with E-state index in [9.17, 15) is 19.7 Å². The van der Waals surface area contributed by atoms with Gasteiger partial charge in [-0.05, 0) is 36.8 Å². The number of fused-ring (bicyclic) bond motifs is 1. The first-order chi connectivity index (χ1) is 17.9. The first-order valence-corrected chi connectivity index (χ1v) is 12.4. The second-order valence-corrected chi connectivity index (χ2v) is 9.09. The van der Waals surface area contributed by atoms with Crippen LogP contribution in [0.1, 0.15) is 40.5 Å². The quantitative estimate of drug-likeness (QED) is 0.370. The number of carbonyl (C=O) groups is 2. The Bertz CT molecular complexity index is 1270. The van der Waals surface area contributed by atoms with E-state index in [-0.39, 0.29) is 29.5 Å². The summed E-state index contributed by atoms with van der Waals surface area (Å²) < 4.78 is 13.2. The number of aromatic nitrogens is 1. The third-order valence-corrected chi connectivity index (χ3v) is 6.88. The molecule has 1 unspecified atom stereocenters. The number of benzene rings is 1. The van der Waals surface area contributed by atoms with Crippen LogP contribution in [0.3, 0.4) is 0 Å². The van der Waals surface area contributed by atoms with Gasteiger partial charge in [-0.3, -0.25) is 19.8 Å². The van der Waals surface area contributed by atoms with Crippen molar-refractivity contribution in [1.29, 1.82) is 0 Å². The third-order valence-electron chi connectivity index (χ3n) is 6.88. The van der Waals surface area contributed by atoms with Gasteiger partial charge in [-0.15, -0.1) is 0 Å². The molecule has 4 heterocycles. The summed E-state index contributed by atoms with van der Waals surface area (Å²) in [6.07, 6.45) is 1.68. The minimum absolute atomic E-state index is 0.0544. The molecule has 1 fully saturated rings. The molecule has 1 saturated heterocycles. The molecule has 11 heteroatoms. The lowest BCUT2D eigenvalue weighted by molar-refractivity contribution is -0.384. The predicted octanol–water partition coefficient (Wildman–Crippen LogP) is 3.51. The molecule has 11 nitrogen and oxygen atoms in total. The van der Waals surface area contributed by atoms with Gasteiger partial charge in [0.1, 0.15) is 5.76 Å². The van der Waals surface area contributed by atoms with Gasteiger partial charge >= 0.3 is 6.09 Å². The Morgan fingerprint density at radius 3 is 2.43 bits per heavy atom. The average Bonchev–Trinajstić information content (AvgIpc) is 3.58. The maximum absolute atomic E-state index is 13.0. The van der Waals surface area contributed by atoms with E-state index in [4.69, 9.17) is 9.15 Å². The largest absolute Gasteiger partial charge is 0.455 e. The number of hydrogen-bond donors (Lipinski definition) is 0. The van der Waals surface area contributed by atoms with Crippen LogP contribution in [-0.2, 0) is 17.8 Å². The summed E-state index contributed by atoms with van der Waals surface area (Å²) in [7, 11) is 0. The number of hydrogen-bond acceptors (Lipinski definition) is 7. The number of ether oxygens (including phenoxy) is 1. The molecular formula is C26H29N5O6. The number of nitro groups is 1. The lowest BCUT2D eigenvalue weighted by Crippen LogP contribution is -2.50. The highest BCUT2D eigenvalue weighted by Gasteiger charge is 2.31. The molecule has 2 aliphatic heterocycles. The molecule has 2 aliphatic rings. The van der Waals surface area contributed by atoms with Crippen LogP contribution in [0.25, 0.3) is 0 Å². The van der Waals surface area contributed by atoms with Crippen LogP contribution in [0.2, 0.25) is 0 Å². The monoisotopic (exact) mass is 507 g/mol. The highest BCUT2D eigenvalue weighted by Crippen LogP contribution is 2.34. The van der Waals surface area contributed by atoms with Crippen molar-refractivity contribution in [2.24, 2.45) is 0 Å². The first kappa shape index (κ1) is 24.6. The topological polar surface area (TPSA) is 114 Å². The van der Waals surface area contributed by atoms with Crippen molar-refractivity contribution in [2.45, 2.75) is 26.1 Å². The summed E-state index contributed by atoms with van der Waals surface area (Å²) in [5, 5.41) is 11.1. The van der Waals surface area contributed by atoms with E-state index in [1.807, 2.05) is 18.3 Å². The zero-order valence-electron chi connectivity index (χ0n) is 20.6. The summed E-state index contributed by atoms with van der Waals surface area (Å²) >= 11 is 0. The Morgan fingerprint density at radius 2 is 1.73 bits per heavy atom. The molecule has 3 aromatic rings. The molecule has 194 valence electrons. The molecule has 0 aliphatic carbocycles. The summed E-state index contributed by atoms with van der Waals surface area (Å²) in [5.41, 5.74) is 2.11. The maximum atomic E-state index is 13.0. The molecule has 2 amide bonds. The van der Waals surface area contributed by atoms with Gasteiger partial charge in [0.25, 0.3) is 11.6 Å². The molecular weight excluding hydrogens is 478 g/mol. The van der Waals surface area contributed by atoms with Crippen molar-refractivity contribution < 1.29 is 23.7 Å². The van der Waals surface area contributed by atoms with Gasteiger partial charge in [-0.25, -0.2) is 4.79 Å². The molecule has 0 bridgehead atoms. The molecule has 1 atom stereocenters. The highest BCUT2D eigenvalue weighted by atomic mass is 16.6. The highest BCUT2D eigenvalue weighted by molar-refractivity contribution is 5.91. The predicted molar refractivity (Wildman–Crippen MR) is 133 cm³/mol. The first-order valence-electron chi connectivity index (χ1n) is 12.4. The second kappa shape index (κ2) is 10.5. The van der Waals surface area contributed by atoms with E-state index in [1.165, 1.54) is 12.1 Å². The smallest absolute Gasteiger partial charge is 0.409 e. The van der Waals surface area contributed by atoms with E-state index >= 15 is 0 Å². The summed E-state index contributed by atoms with van der Waals surface area (Å²) in [5.74, 6) is 0.737. The summed E-state index contributed by atoms with van der Waals surface area (Å²) in [6, 6.07) is 14.1. The SMILES string of the molecule is CCOC(=O)N1CCN(C(=O)c2ccc(CN3CCn4cccc4C3c3ccc([N+](=O)[O-])cc3)o2)CC1. The number of nitrogens with zero attached hydrogens (tertiary/aromatic N) is 5. The number of non-ortho nitro benzene ring substituents is 1. The maximum Gasteiger partial charge on any atom is 0.409 e. The Morgan fingerprint density at radius 1 is 1.00 bits per heavy atom. The van der Waals surface area contributed by atoms with Gasteiger partial charge in [0.15, 0.2) is 5.76 Å². The Hall–Kier alpha value is -4.12. The van der Waals surface area contributed by atoms with Crippen molar-refractivity contribution in [1.82, 2.24) is 19.3 Å². The number of furan rings is 1. The van der Waals surface area contributed by atoms with Crippen molar-refractivity contribution in [2.75, 3.05) is 39.3 Å². The number of rotatable bonds is 6. The van der Waals surface area contributed by atoms with E-state index in [0.29, 0.717) is 45.1 Å². The zero-order chi connectivity index (χ0) is 25.9. The van der Waals surface area contributed by atoms with Crippen molar-refractivity contribution in [3.05, 3.63) is 87.6 Å². The number of nitro benzene ring substituents is 1. The van der Waals surface area contributed by atoms with Gasteiger partial charge in [-0.1, -0.05) is 12.1 Å². The van der Waals surface area contributed by atoms with E-state index in [2.05, 4.69) is 15.5 Å². The fourth-order valence-corrected chi connectivity index (χ4v) is 5.00. The van der Waals surface area contributed by atoms with Gasteiger partial charge in [0.05, 0.1) is 24.1 Å². The zero-order valence-corrected chi connectivity index (χ0v) is 20.6. The van der Waals surface area contributed by atoms with Crippen LogP contribution in [0, 0.1) is 10.1 Å². The fourth-order valence-electron chi connectivity index (χ4n) is 5.00. The average molecular weight is 508 g/mol. The lowest BCUT2D eigenvalue weighted by atomic mass is 9.99. The van der Waals surface area contributed by atoms with Crippen molar-refractivity contribution in [3.8, 4) is 0 Å². The molecule has 0 spiro atoms. The van der Waals surface area contributed by atoms with Crippen molar-refractivity contribution in [3.63, 3.8) is 0 Å². The van der Waals surface area contributed by atoms with Gasteiger partial charge in [0.2, 0.25) is 0 Å². The van der Waals surface area contributed by atoms with Crippen LogP contribution >= 0.6 is 0 Å². The van der Waals surface area contributed by atoms with Crippen LogP contribution < -0.4 is 0 Å². The van der Waals surface area contributed by atoms with Crippen LogP contribution in [0.15, 0.2) is 59.1 Å². The Balaban J connectivity index is 1.28. The van der Waals surface area contributed by atoms with Gasteiger partial charge in [0, 0.05) is 63.3 Å². The molecule has 0 radical (unpaired) electrons. The van der Waals surface area contributed by atoms with E-state index in [0.717, 1.165) is 24.3 Å². The van der Waals surface area contributed by atoms with E-state index < -0.39 is 4.92 Å². The Kier molecular flexibility index (Phi) is 6.95. The van der Waals surface area contributed by atoms with Crippen molar-refractivity contribution >= 4 is 17.7 Å². The second-order valence-electron chi connectivity index (χ2n) is 9.09. The minimum atomic E-state index is -0.400. The minimum Gasteiger partial charge on any atom is -0.455 e. The normalized spacial score (nSPS) is 17.9. The summed E-state index contributed by atoms with van der Waals surface area (Å²) in [6.45, 7) is 5.80. The lowest BCUT2D eigenvalue weighted by Gasteiger charge is -2.36. The van der Waals surface area contributed by atoms with Gasteiger partial charge < -0.3 is 23.5 Å². The number of carbonyl (C=O) groups excluding carboxylic acids is 2. The van der Waals surface area contributed by atoms with Gasteiger partial charge in [-0.2, -0.15) is 0 Å². The molecule has 37 heavy (non-hydrogen) atoms. The van der Waals surface area contributed by atoms with Crippen LogP contribution in [0.5, 0.6) is 0 Å². The fraction of sp³-hybridized carbons (Fsp3) is 0.385. The van der Waals surface area contributed by atoms with E-state index in [1.54, 1.807) is 34.9 Å². The Labute approximate surface area is 213 Å². The molecule has 1 aromatic carbocycles. The van der Waals surface area contributed by atoms with Crippen LogP contribution in [-0.4, -0.2) is 75.5 Å².